The van der Waals surface area contributed by atoms with Crippen LogP contribution in [0.15, 0.2) is 84.9 Å². The molecule has 5 rings (SSSR count). The summed E-state index contributed by atoms with van der Waals surface area (Å²) < 4.78 is 51.1. The van der Waals surface area contributed by atoms with Crippen molar-refractivity contribution in [2.75, 3.05) is 19.7 Å². The number of pyridine rings is 1. The molecule has 0 saturated heterocycles. The third-order valence-corrected chi connectivity index (χ3v) is 7.92. The number of halogens is 3. The quantitative estimate of drug-likeness (QED) is 0.102. The number of aromatic nitrogens is 1. The molecule has 0 atom stereocenters. The standard InChI is InChI=1S/C36H35F3N4O6/c37-36(38,39)31-18-23(21-42-34(45)46)19-32(43-31)49-25-11-9-10-24(20-25)33(44)40-16-7-1-2-8-17-41-35(47)48-22-30-28-14-5-3-12-26(28)27-13-4-6-15-29(27)30/h3-6,9-15,18-20,30,42H,1-2,7-8,16-17,21-22H2,(H,40,44)(H,41,47)(H,45,46). The molecule has 0 bridgehead atoms. The number of nitrogens with zero attached hydrogens (tertiary/aromatic N) is 1. The molecule has 3 aromatic carbocycles. The molecule has 1 aliphatic rings. The first kappa shape index (κ1) is 34.7. The topological polar surface area (TPSA) is 139 Å². The highest BCUT2D eigenvalue weighted by Gasteiger charge is 2.34. The highest BCUT2D eigenvalue weighted by atomic mass is 19.4. The number of ether oxygens (including phenoxy) is 2. The Bertz CT molecular complexity index is 1750. The van der Waals surface area contributed by atoms with Crippen molar-refractivity contribution in [3.8, 4) is 22.8 Å². The van der Waals surface area contributed by atoms with E-state index in [4.69, 9.17) is 14.6 Å². The van der Waals surface area contributed by atoms with E-state index in [1.165, 1.54) is 35.4 Å². The van der Waals surface area contributed by atoms with Crippen LogP contribution >= 0.6 is 0 Å². The van der Waals surface area contributed by atoms with Crippen LogP contribution in [0, 0.1) is 0 Å². The Morgan fingerprint density at radius 3 is 2.08 bits per heavy atom. The van der Waals surface area contributed by atoms with E-state index < -0.39 is 29.9 Å². The first-order valence-corrected chi connectivity index (χ1v) is 15.8. The maximum atomic E-state index is 13.3. The van der Waals surface area contributed by atoms with Gasteiger partial charge in [-0.2, -0.15) is 13.2 Å². The van der Waals surface area contributed by atoms with Gasteiger partial charge in [0.1, 0.15) is 18.1 Å². The van der Waals surface area contributed by atoms with E-state index >= 15 is 0 Å². The van der Waals surface area contributed by atoms with Gasteiger partial charge < -0.3 is 30.5 Å². The average molecular weight is 677 g/mol. The number of nitrogens with one attached hydrogen (secondary N) is 3. The van der Waals surface area contributed by atoms with Gasteiger partial charge in [-0.25, -0.2) is 14.6 Å². The third-order valence-electron chi connectivity index (χ3n) is 7.92. The van der Waals surface area contributed by atoms with E-state index in [2.05, 4.69) is 39.9 Å². The smallest absolute Gasteiger partial charge is 0.433 e. The van der Waals surface area contributed by atoms with Crippen LogP contribution in [-0.4, -0.2) is 47.9 Å². The average Bonchev–Trinajstić information content (AvgIpc) is 3.40. The van der Waals surface area contributed by atoms with Crippen molar-refractivity contribution in [3.63, 3.8) is 0 Å². The Morgan fingerprint density at radius 1 is 0.776 bits per heavy atom. The predicted molar refractivity (Wildman–Crippen MR) is 174 cm³/mol. The van der Waals surface area contributed by atoms with E-state index in [-0.39, 0.29) is 41.9 Å². The van der Waals surface area contributed by atoms with Crippen molar-refractivity contribution in [2.24, 2.45) is 0 Å². The number of carboxylic acid groups (broad SMARTS) is 1. The van der Waals surface area contributed by atoms with Gasteiger partial charge in [0.05, 0.1) is 0 Å². The number of amides is 3. The zero-order valence-electron chi connectivity index (χ0n) is 26.4. The molecule has 0 aliphatic heterocycles. The zero-order valence-corrected chi connectivity index (χ0v) is 26.4. The second-order valence-corrected chi connectivity index (χ2v) is 11.4. The molecule has 256 valence electrons. The second-order valence-electron chi connectivity index (χ2n) is 11.4. The van der Waals surface area contributed by atoms with Gasteiger partial charge in [0.2, 0.25) is 5.88 Å². The number of benzene rings is 3. The van der Waals surface area contributed by atoms with Crippen molar-refractivity contribution in [1.82, 2.24) is 20.9 Å². The highest BCUT2D eigenvalue weighted by Crippen LogP contribution is 2.44. The van der Waals surface area contributed by atoms with Crippen LogP contribution in [0.2, 0.25) is 0 Å². The van der Waals surface area contributed by atoms with Crippen molar-refractivity contribution in [3.05, 3.63) is 113 Å². The van der Waals surface area contributed by atoms with E-state index in [1.54, 1.807) is 6.07 Å². The van der Waals surface area contributed by atoms with Crippen molar-refractivity contribution in [2.45, 2.75) is 44.3 Å². The number of hydrogen-bond donors (Lipinski definition) is 4. The molecule has 0 fully saturated rings. The molecule has 1 aromatic heterocycles. The molecule has 0 radical (unpaired) electrons. The summed E-state index contributed by atoms with van der Waals surface area (Å²) in [7, 11) is 0. The minimum Gasteiger partial charge on any atom is -0.465 e. The Labute approximate surface area is 280 Å². The summed E-state index contributed by atoms with van der Waals surface area (Å²) in [5, 5.41) is 16.4. The van der Waals surface area contributed by atoms with Gasteiger partial charge in [-0.1, -0.05) is 67.4 Å². The number of carbonyl (C=O) groups excluding carboxylic acids is 2. The number of alkyl carbamates (subject to hydrolysis) is 1. The van der Waals surface area contributed by atoms with Crippen LogP contribution in [0.3, 0.4) is 0 Å². The lowest BCUT2D eigenvalue weighted by Crippen LogP contribution is -2.27. The van der Waals surface area contributed by atoms with E-state index in [0.29, 0.717) is 19.5 Å². The lowest BCUT2D eigenvalue weighted by molar-refractivity contribution is -0.141. The normalized spacial score (nSPS) is 12.1. The molecule has 4 aromatic rings. The number of fused-ring (bicyclic) bond motifs is 3. The van der Waals surface area contributed by atoms with E-state index in [0.717, 1.165) is 36.5 Å². The molecule has 0 saturated carbocycles. The predicted octanol–water partition coefficient (Wildman–Crippen LogP) is 7.49. The van der Waals surface area contributed by atoms with Crippen LogP contribution < -0.4 is 20.7 Å². The fourth-order valence-electron chi connectivity index (χ4n) is 5.61. The molecular formula is C36H35F3N4O6. The Hall–Kier alpha value is -5.59. The molecule has 0 spiro atoms. The Balaban J connectivity index is 0.997. The van der Waals surface area contributed by atoms with E-state index in [1.807, 2.05) is 29.6 Å². The summed E-state index contributed by atoms with van der Waals surface area (Å²) in [5.41, 5.74) is 3.64. The van der Waals surface area contributed by atoms with Crippen molar-refractivity contribution >= 4 is 18.1 Å². The Kier molecular flexibility index (Phi) is 11.3. The van der Waals surface area contributed by atoms with Gasteiger partial charge in [0.15, 0.2) is 0 Å². The van der Waals surface area contributed by atoms with Crippen LogP contribution in [0.4, 0.5) is 22.8 Å². The summed E-state index contributed by atoms with van der Waals surface area (Å²) in [4.78, 5) is 39.3. The SMILES string of the molecule is O=C(O)NCc1cc(Oc2cccc(C(=O)NCCCCCCNC(=O)OCC3c4ccccc4-c4ccccc43)c2)nc(C(F)(F)F)c1. The number of carbonyl (C=O) groups is 3. The molecule has 4 N–H and O–H groups in total. The van der Waals surface area contributed by atoms with Gasteiger partial charge >= 0.3 is 18.4 Å². The molecule has 1 heterocycles. The third kappa shape index (κ3) is 9.49. The summed E-state index contributed by atoms with van der Waals surface area (Å²) in [6, 6.07) is 24.1. The fourth-order valence-corrected chi connectivity index (χ4v) is 5.61. The van der Waals surface area contributed by atoms with Crippen LogP contribution in [0.1, 0.15) is 64.3 Å². The number of unbranched alkanes of at least 4 members (excludes halogenated alkanes) is 3. The van der Waals surface area contributed by atoms with Crippen molar-refractivity contribution < 1.29 is 42.1 Å². The zero-order chi connectivity index (χ0) is 34.8. The number of hydrogen-bond acceptors (Lipinski definition) is 6. The van der Waals surface area contributed by atoms with Crippen LogP contribution in [0.5, 0.6) is 11.6 Å². The molecule has 0 unspecified atom stereocenters. The number of alkyl halides is 3. The lowest BCUT2D eigenvalue weighted by atomic mass is 9.98. The molecular weight excluding hydrogens is 641 g/mol. The first-order chi connectivity index (χ1) is 23.6. The molecule has 49 heavy (non-hydrogen) atoms. The summed E-state index contributed by atoms with van der Waals surface area (Å²) in [6.07, 6.45) is -3.54. The highest BCUT2D eigenvalue weighted by molar-refractivity contribution is 5.94. The largest absolute Gasteiger partial charge is 0.465 e. The van der Waals surface area contributed by atoms with Crippen LogP contribution in [0.25, 0.3) is 11.1 Å². The Morgan fingerprint density at radius 2 is 1.43 bits per heavy atom. The number of rotatable bonds is 14. The minimum absolute atomic E-state index is 0.00135. The van der Waals surface area contributed by atoms with Gasteiger partial charge in [-0.05, 0) is 64.9 Å². The second kappa shape index (κ2) is 16.0. The molecule has 13 heteroatoms. The maximum absolute atomic E-state index is 13.3. The van der Waals surface area contributed by atoms with Gasteiger partial charge in [-0.3, -0.25) is 4.79 Å². The van der Waals surface area contributed by atoms with Crippen LogP contribution in [-0.2, 0) is 17.5 Å². The lowest BCUT2D eigenvalue weighted by Gasteiger charge is -2.14. The molecule has 3 amide bonds. The maximum Gasteiger partial charge on any atom is 0.433 e. The van der Waals surface area contributed by atoms with Gasteiger partial charge in [-0.15, -0.1) is 0 Å². The molecule has 1 aliphatic carbocycles. The fraction of sp³-hybridized carbons (Fsp3) is 0.278. The first-order valence-electron chi connectivity index (χ1n) is 15.8. The summed E-state index contributed by atoms with van der Waals surface area (Å²) >= 11 is 0. The van der Waals surface area contributed by atoms with Crippen molar-refractivity contribution in [1.29, 1.82) is 0 Å². The van der Waals surface area contributed by atoms with E-state index in [9.17, 15) is 27.6 Å². The van der Waals surface area contributed by atoms with Gasteiger partial charge in [0, 0.05) is 37.2 Å². The monoisotopic (exact) mass is 676 g/mol. The molecule has 10 nitrogen and oxygen atoms in total. The van der Waals surface area contributed by atoms with Gasteiger partial charge in [0.25, 0.3) is 5.91 Å². The summed E-state index contributed by atoms with van der Waals surface area (Å²) in [5.74, 6) is -0.701. The summed E-state index contributed by atoms with van der Waals surface area (Å²) in [6.45, 7) is 0.742. The minimum atomic E-state index is -4.78.